The van der Waals surface area contributed by atoms with Crippen molar-refractivity contribution in [1.82, 2.24) is 9.80 Å². The maximum absolute atomic E-state index is 11.2. The summed E-state index contributed by atoms with van der Waals surface area (Å²) in [7, 11) is 0. The van der Waals surface area contributed by atoms with Gasteiger partial charge in [-0.2, -0.15) is 0 Å². The number of benzene rings is 4. The van der Waals surface area contributed by atoms with E-state index in [2.05, 4.69) is 25.7 Å². The summed E-state index contributed by atoms with van der Waals surface area (Å²) in [4.78, 5) is 20.0. The van der Waals surface area contributed by atoms with E-state index in [0.717, 1.165) is 82.4 Å². The predicted molar refractivity (Wildman–Crippen MR) is 192 cm³/mol. The van der Waals surface area contributed by atoms with Crippen molar-refractivity contribution in [3.05, 3.63) is 126 Å². The third-order valence-electron chi connectivity index (χ3n) is 8.22. The fourth-order valence-electron chi connectivity index (χ4n) is 5.75. The number of anilines is 3. The highest BCUT2D eigenvalue weighted by molar-refractivity contribution is 6.42. The van der Waals surface area contributed by atoms with Crippen LogP contribution in [0, 0.1) is 10.1 Å². The Bertz CT molecular complexity index is 1640. The van der Waals surface area contributed by atoms with Gasteiger partial charge in [-0.15, -0.1) is 0 Å². The average molecular weight is 703 g/mol. The van der Waals surface area contributed by atoms with Crippen LogP contribution in [0.5, 0.6) is 0 Å². The number of nitro groups is 1. The molecule has 0 saturated carbocycles. The number of nitro benzene ring substituents is 1. The molecule has 0 amide bonds. The normalized spacial score (nSPS) is 15.7. The van der Waals surface area contributed by atoms with Crippen molar-refractivity contribution >= 4 is 69.2 Å². The molecule has 2 heterocycles. The Morgan fingerprint density at radius 1 is 0.587 bits per heavy atom. The van der Waals surface area contributed by atoms with Crippen molar-refractivity contribution in [2.24, 2.45) is 0 Å². The zero-order chi connectivity index (χ0) is 32.6. The van der Waals surface area contributed by atoms with Crippen molar-refractivity contribution in [2.75, 3.05) is 67.9 Å². The first-order valence-corrected chi connectivity index (χ1v) is 16.6. The maximum atomic E-state index is 11.2. The molecule has 4 aromatic rings. The van der Waals surface area contributed by atoms with E-state index >= 15 is 0 Å². The van der Waals surface area contributed by atoms with Crippen LogP contribution in [0.15, 0.2) is 84.9 Å². The highest BCUT2D eigenvalue weighted by Crippen LogP contribution is 2.29. The zero-order valence-corrected chi connectivity index (χ0v) is 28.3. The number of nitrogens with two attached hydrogens (primary N) is 1. The van der Waals surface area contributed by atoms with Gasteiger partial charge in [-0.05, 0) is 53.6 Å². The lowest BCUT2D eigenvalue weighted by Crippen LogP contribution is -2.46. The van der Waals surface area contributed by atoms with E-state index in [1.54, 1.807) is 12.1 Å². The van der Waals surface area contributed by atoms with Crippen LogP contribution in [-0.2, 0) is 13.1 Å². The molecular weight excluding hydrogens is 666 g/mol. The van der Waals surface area contributed by atoms with Gasteiger partial charge in [0.2, 0.25) is 0 Å². The molecule has 0 aliphatic carbocycles. The standard InChI is InChI=1S/C17H17Cl2N3O2.C17H19Cl2N3/c18-14-6-5-13(11-15(14)19)12-20-7-9-21(10-8-20)16-3-1-2-4-17(16)22(23)24;18-14-6-5-13(11-15(14)19)12-21-7-9-22(10-8-21)17-4-2-1-3-16(17)20/h1-6,11H,7-10,12H2;1-6,11H,7-10,12,20H2. The summed E-state index contributed by atoms with van der Waals surface area (Å²) in [5.74, 6) is 0. The largest absolute Gasteiger partial charge is 0.397 e. The van der Waals surface area contributed by atoms with E-state index in [-0.39, 0.29) is 10.6 Å². The molecule has 8 nitrogen and oxygen atoms in total. The fraction of sp³-hybridized carbons (Fsp3) is 0.294. The minimum Gasteiger partial charge on any atom is -0.397 e. The van der Waals surface area contributed by atoms with Gasteiger partial charge in [0, 0.05) is 71.5 Å². The summed E-state index contributed by atoms with van der Waals surface area (Å²) in [6.45, 7) is 8.86. The van der Waals surface area contributed by atoms with Crippen molar-refractivity contribution in [1.29, 1.82) is 0 Å². The Morgan fingerprint density at radius 2 is 1.02 bits per heavy atom. The van der Waals surface area contributed by atoms with Crippen LogP contribution in [0.2, 0.25) is 20.1 Å². The third kappa shape index (κ3) is 8.97. The monoisotopic (exact) mass is 700 g/mol. The molecule has 0 aromatic heterocycles. The molecule has 46 heavy (non-hydrogen) atoms. The molecule has 2 aliphatic heterocycles. The molecule has 0 unspecified atom stereocenters. The summed E-state index contributed by atoms with van der Waals surface area (Å²) >= 11 is 24.0. The van der Waals surface area contributed by atoms with E-state index in [1.165, 1.54) is 5.56 Å². The van der Waals surface area contributed by atoms with E-state index in [0.29, 0.717) is 25.8 Å². The van der Waals surface area contributed by atoms with E-state index in [9.17, 15) is 10.1 Å². The molecule has 242 valence electrons. The number of hydrogen-bond acceptors (Lipinski definition) is 7. The lowest BCUT2D eigenvalue weighted by molar-refractivity contribution is -0.384. The Balaban J connectivity index is 0.000000182. The van der Waals surface area contributed by atoms with Gasteiger partial charge in [-0.3, -0.25) is 19.9 Å². The smallest absolute Gasteiger partial charge is 0.292 e. The van der Waals surface area contributed by atoms with E-state index in [1.807, 2.05) is 66.7 Å². The molecule has 2 aliphatic rings. The Labute approximate surface area is 289 Å². The van der Waals surface area contributed by atoms with Gasteiger partial charge in [0.25, 0.3) is 5.69 Å². The van der Waals surface area contributed by atoms with Gasteiger partial charge >= 0.3 is 0 Å². The molecule has 0 spiro atoms. The second kappa shape index (κ2) is 16.0. The third-order valence-corrected chi connectivity index (χ3v) is 9.70. The van der Waals surface area contributed by atoms with Gasteiger partial charge in [0.1, 0.15) is 5.69 Å². The first-order chi connectivity index (χ1) is 22.2. The molecular formula is C34H36Cl4N6O2. The predicted octanol–water partition coefficient (Wildman–Crippen LogP) is 8.12. The second-order valence-corrected chi connectivity index (χ2v) is 13.0. The van der Waals surface area contributed by atoms with Gasteiger partial charge in [-0.25, -0.2) is 0 Å². The van der Waals surface area contributed by atoms with Crippen LogP contribution in [0.4, 0.5) is 22.7 Å². The lowest BCUT2D eigenvalue weighted by atomic mass is 10.1. The number of halogens is 4. The highest BCUT2D eigenvalue weighted by Gasteiger charge is 2.23. The minimum atomic E-state index is -0.322. The van der Waals surface area contributed by atoms with Gasteiger partial charge in [0.15, 0.2) is 0 Å². The molecule has 12 heteroatoms. The molecule has 0 bridgehead atoms. The summed E-state index contributed by atoms with van der Waals surface area (Å²) in [6, 6.07) is 26.5. The molecule has 0 radical (unpaired) electrons. The van der Waals surface area contributed by atoms with E-state index in [4.69, 9.17) is 52.1 Å². The lowest BCUT2D eigenvalue weighted by Gasteiger charge is -2.36. The number of nitrogens with zero attached hydrogens (tertiary/aromatic N) is 5. The topological polar surface area (TPSA) is 82.1 Å². The van der Waals surface area contributed by atoms with Crippen LogP contribution in [-0.4, -0.2) is 67.1 Å². The van der Waals surface area contributed by atoms with Crippen LogP contribution in [0.1, 0.15) is 11.1 Å². The van der Waals surface area contributed by atoms with Crippen LogP contribution >= 0.6 is 46.4 Å². The first-order valence-electron chi connectivity index (χ1n) is 15.1. The highest BCUT2D eigenvalue weighted by atomic mass is 35.5. The minimum absolute atomic E-state index is 0.162. The number of para-hydroxylation sites is 4. The van der Waals surface area contributed by atoms with Gasteiger partial charge in [-0.1, -0.05) is 82.8 Å². The molecule has 4 aromatic carbocycles. The van der Waals surface area contributed by atoms with Crippen molar-refractivity contribution < 1.29 is 4.92 Å². The van der Waals surface area contributed by atoms with Crippen LogP contribution in [0.25, 0.3) is 0 Å². The van der Waals surface area contributed by atoms with Crippen molar-refractivity contribution in [3.8, 4) is 0 Å². The first kappa shape index (κ1) is 34.1. The molecule has 6 rings (SSSR count). The number of rotatable bonds is 7. The average Bonchev–Trinajstić information content (AvgIpc) is 3.06. The molecule has 2 saturated heterocycles. The second-order valence-electron chi connectivity index (χ2n) is 11.3. The summed E-state index contributed by atoms with van der Waals surface area (Å²) in [5.41, 5.74) is 11.2. The molecule has 2 N–H and O–H groups in total. The summed E-state index contributed by atoms with van der Waals surface area (Å²) in [6.07, 6.45) is 0. The van der Waals surface area contributed by atoms with Crippen LogP contribution < -0.4 is 15.5 Å². The molecule has 2 fully saturated rings. The zero-order valence-electron chi connectivity index (χ0n) is 25.3. The Morgan fingerprint density at radius 3 is 1.48 bits per heavy atom. The quantitative estimate of drug-likeness (QED) is 0.118. The maximum Gasteiger partial charge on any atom is 0.292 e. The molecule has 0 atom stereocenters. The van der Waals surface area contributed by atoms with Crippen molar-refractivity contribution in [2.45, 2.75) is 13.1 Å². The Kier molecular flexibility index (Phi) is 11.9. The number of hydrogen-bond donors (Lipinski definition) is 1. The summed E-state index contributed by atoms with van der Waals surface area (Å²) < 4.78 is 0. The Hall–Kier alpha value is -3.24. The van der Waals surface area contributed by atoms with Gasteiger partial charge < -0.3 is 15.5 Å². The number of nitrogen functional groups attached to an aromatic ring is 1. The SMILES string of the molecule is Nc1ccccc1N1CCN(Cc2ccc(Cl)c(Cl)c2)CC1.O=[N+]([O-])c1ccccc1N1CCN(Cc2ccc(Cl)c(Cl)c2)CC1. The van der Waals surface area contributed by atoms with Crippen molar-refractivity contribution in [3.63, 3.8) is 0 Å². The summed E-state index contributed by atoms with van der Waals surface area (Å²) in [5, 5.41) is 13.5. The fourth-order valence-corrected chi connectivity index (χ4v) is 6.39. The van der Waals surface area contributed by atoms with Crippen LogP contribution in [0.3, 0.4) is 0 Å². The number of piperazine rings is 2. The van der Waals surface area contributed by atoms with Gasteiger partial charge in [0.05, 0.1) is 36.4 Å². The van der Waals surface area contributed by atoms with E-state index < -0.39 is 0 Å².